The van der Waals surface area contributed by atoms with Gasteiger partial charge in [-0.15, -0.1) is 11.8 Å². The second kappa shape index (κ2) is 15.1. The molecule has 0 radical (unpaired) electrons. The molecule has 0 saturated carbocycles. The third-order valence-corrected chi connectivity index (χ3v) is 7.72. The molecule has 0 aliphatic rings. The van der Waals surface area contributed by atoms with E-state index in [2.05, 4.69) is 5.32 Å². The van der Waals surface area contributed by atoms with Gasteiger partial charge >= 0.3 is 0 Å². The minimum Gasteiger partial charge on any atom is -0.352 e. The summed E-state index contributed by atoms with van der Waals surface area (Å²) in [7, 11) is 0. The fraction of sp³-hybridized carbons (Fsp3) is 0.333. The van der Waals surface area contributed by atoms with Crippen LogP contribution in [-0.2, 0) is 22.6 Å². The number of benzene rings is 3. The Hall–Kier alpha value is -2.47. The van der Waals surface area contributed by atoms with Crippen molar-refractivity contribution < 1.29 is 9.59 Å². The molecule has 0 aromatic heterocycles. The molecule has 1 N–H and O–H groups in total. The number of carbonyl (C=O) groups is 2. The molecule has 0 bridgehead atoms. The molecule has 0 heterocycles. The van der Waals surface area contributed by atoms with E-state index in [9.17, 15) is 9.59 Å². The maximum Gasteiger partial charge on any atom is 0.243 e. The summed E-state index contributed by atoms with van der Waals surface area (Å²) >= 11 is 13.9. The second-order valence-corrected chi connectivity index (χ2v) is 11.1. The number of thioether (sulfide) groups is 1. The van der Waals surface area contributed by atoms with Crippen molar-refractivity contribution in [1.82, 2.24) is 10.2 Å². The van der Waals surface area contributed by atoms with Crippen LogP contribution in [0.4, 0.5) is 0 Å². The van der Waals surface area contributed by atoms with Crippen molar-refractivity contribution in [2.24, 2.45) is 0 Å². The Balaban J connectivity index is 1.79. The van der Waals surface area contributed by atoms with Gasteiger partial charge in [-0.3, -0.25) is 9.59 Å². The van der Waals surface area contributed by atoms with Gasteiger partial charge in [0.25, 0.3) is 0 Å². The molecule has 2 unspecified atom stereocenters. The molecule has 0 spiro atoms. The van der Waals surface area contributed by atoms with Gasteiger partial charge in [-0.05, 0) is 73.0 Å². The standard InChI is InChI=1S/C30H34Cl2N2O2S/c1-3-22(2)33-30(36)28(20-23-9-5-4-6-10-23)34(21-24-11-7-12-26(32)19-24)29(35)13-8-18-37-27-16-14-25(31)15-17-27/h4-7,9-12,14-17,19,22,28H,3,8,13,18,20-21H2,1-2H3,(H,33,36). The molecule has 7 heteroatoms. The summed E-state index contributed by atoms with van der Waals surface area (Å²) < 4.78 is 0. The van der Waals surface area contributed by atoms with Gasteiger partial charge in [0.1, 0.15) is 6.04 Å². The zero-order chi connectivity index (χ0) is 26.6. The average Bonchev–Trinajstić information content (AvgIpc) is 2.90. The molecule has 4 nitrogen and oxygen atoms in total. The van der Waals surface area contributed by atoms with E-state index in [1.165, 1.54) is 0 Å². The van der Waals surface area contributed by atoms with Crippen molar-refractivity contribution in [2.75, 3.05) is 5.75 Å². The van der Waals surface area contributed by atoms with Crippen LogP contribution in [-0.4, -0.2) is 34.6 Å². The van der Waals surface area contributed by atoms with Crippen molar-refractivity contribution in [3.05, 3.63) is 100 Å². The van der Waals surface area contributed by atoms with Gasteiger partial charge in [-0.1, -0.05) is 72.6 Å². The molecule has 37 heavy (non-hydrogen) atoms. The monoisotopic (exact) mass is 556 g/mol. The topological polar surface area (TPSA) is 49.4 Å². The number of carbonyl (C=O) groups excluding carboxylic acids is 2. The normalized spacial score (nSPS) is 12.5. The fourth-order valence-electron chi connectivity index (χ4n) is 3.91. The summed E-state index contributed by atoms with van der Waals surface area (Å²) in [6.07, 6.45) is 2.30. The van der Waals surface area contributed by atoms with Crippen LogP contribution in [0.15, 0.2) is 83.8 Å². The molecule has 0 saturated heterocycles. The van der Waals surface area contributed by atoms with Crippen LogP contribution in [0.2, 0.25) is 10.0 Å². The van der Waals surface area contributed by atoms with E-state index < -0.39 is 6.04 Å². The van der Waals surface area contributed by atoms with Gasteiger partial charge < -0.3 is 10.2 Å². The Morgan fingerprint density at radius 1 is 0.919 bits per heavy atom. The number of rotatable bonds is 13. The molecule has 0 fully saturated rings. The molecular formula is C30H34Cl2N2O2S. The van der Waals surface area contributed by atoms with Gasteiger partial charge in [0, 0.05) is 40.4 Å². The highest BCUT2D eigenvalue weighted by Crippen LogP contribution is 2.23. The van der Waals surface area contributed by atoms with Gasteiger partial charge in [-0.2, -0.15) is 0 Å². The van der Waals surface area contributed by atoms with E-state index in [1.807, 2.05) is 92.7 Å². The Labute approximate surface area is 234 Å². The quantitative estimate of drug-likeness (QED) is 0.176. The van der Waals surface area contributed by atoms with Gasteiger partial charge in [0.05, 0.1) is 0 Å². The molecule has 2 amide bonds. The van der Waals surface area contributed by atoms with Crippen LogP contribution in [0.25, 0.3) is 0 Å². The molecule has 2 atom stereocenters. The largest absolute Gasteiger partial charge is 0.352 e. The Morgan fingerprint density at radius 2 is 1.62 bits per heavy atom. The van der Waals surface area contributed by atoms with Crippen molar-refractivity contribution in [2.45, 2.75) is 63.1 Å². The van der Waals surface area contributed by atoms with E-state index in [0.717, 1.165) is 28.2 Å². The zero-order valence-corrected chi connectivity index (χ0v) is 23.7. The molecule has 0 aliphatic carbocycles. The molecule has 3 aromatic rings. The summed E-state index contributed by atoms with van der Waals surface area (Å²) in [5.41, 5.74) is 1.90. The van der Waals surface area contributed by atoms with Crippen molar-refractivity contribution in [3.63, 3.8) is 0 Å². The second-order valence-electron chi connectivity index (χ2n) is 9.08. The van der Waals surface area contributed by atoms with E-state index in [0.29, 0.717) is 35.9 Å². The lowest BCUT2D eigenvalue weighted by atomic mass is 10.0. The maximum atomic E-state index is 13.7. The van der Waals surface area contributed by atoms with Crippen LogP contribution in [0.5, 0.6) is 0 Å². The number of nitrogens with one attached hydrogen (secondary N) is 1. The summed E-state index contributed by atoms with van der Waals surface area (Å²) in [6.45, 7) is 4.33. The SMILES string of the molecule is CCC(C)NC(=O)C(Cc1ccccc1)N(Cc1cccc(Cl)c1)C(=O)CCCSc1ccc(Cl)cc1. The van der Waals surface area contributed by atoms with Crippen LogP contribution < -0.4 is 5.32 Å². The highest BCUT2D eigenvalue weighted by molar-refractivity contribution is 7.99. The Morgan fingerprint density at radius 3 is 2.30 bits per heavy atom. The molecule has 3 aromatic carbocycles. The smallest absolute Gasteiger partial charge is 0.243 e. The molecule has 0 aliphatic heterocycles. The first-order chi connectivity index (χ1) is 17.9. The number of hydrogen-bond donors (Lipinski definition) is 1. The predicted molar refractivity (Wildman–Crippen MR) is 155 cm³/mol. The molecule has 196 valence electrons. The van der Waals surface area contributed by atoms with Gasteiger partial charge in [0.2, 0.25) is 11.8 Å². The lowest BCUT2D eigenvalue weighted by molar-refractivity contribution is -0.141. The highest BCUT2D eigenvalue weighted by atomic mass is 35.5. The third kappa shape index (κ3) is 9.73. The average molecular weight is 558 g/mol. The van der Waals surface area contributed by atoms with E-state index in [-0.39, 0.29) is 17.9 Å². The number of hydrogen-bond acceptors (Lipinski definition) is 3. The third-order valence-electron chi connectivity index (χ3n) is 6.13. The van der Waals surface area contributed by atoms with Crippen molar-refractivity contribution in [3.8, 4) is 0 Å². The molecular weight excluding hydrogens is 523 g/mol. The number of halogens is 2. The van der Waals surface area contributed by atoms with E-state index in [4.69, 9.17) is 23.2 Å². The number of nitrogens with zero attached hydrogens (tertiary/aromatic N) is 1. The van der Waals surface area contributed by atoms with Crippen LogP contribution in [0.1, 0.15) is 44.2 Å². The Kier molecular flexibility index (Phi) is 11.8. The van der Waals surface area contributed by atoms with Crippen molar-refractivity contribution in [1.29, 1.82) is 0 Å². The van der Waals surface area contributed by atoms with E-state index >= 15 is 0 Å². The summed E-state index contributed by atoms with van der Waals surface area (Å²) in [5, 5.41) is 4.41. The summed E-state index contributed by atoms with van der Waals surface area (Å²) in [4.78, 5) is 30.0. The maximum absolute atomic E-state index is 13.7. The first-order valence-corrected chi connectivity index (χ1v) is 14.4. The summed E-state index contributed by atoms with van der Waals surface area (Å²) in [5.74, 6) is 0.613. The lowest BCUT2D eigenvalue weighted by Gasteiger charge is -2.32. The zero-order valence-electron chi connectivity index (χ0n) is 21.3. The highest BCUT2D eigenvalue weighted by Gasteiger charge is 2.30. The predicted octanol–water partition coefficient (Wildman–Crippen LogP) is 7.42. The first kappa shape index (κ1) is 29.1. The van der Waals surface area contributed by atoms with Crippen LogP contribution in [0.3, 0.4) is 0 Å². The Bertz CT molecular complexity index is 1140. The fourth-order valence-corrected chi connectivity index (χ4v) is 5.11. The van der Waals surface area contributed by atoms with Crippen LogP contribution >= 0.6 is 35.0 Å². The summed E-state index contributed by atoms with van der Waals surface area (Å²) in [6, 6.07) is 24.4. The molecule has 3 rings (SSSR count). The minimum absolute atomic E-state index is 0.0182. The van der Waals surface area contributed by atoms with E-state index in [1.54, 1.807) is 16.7 Å². The first-order valence-electron chi connectivity index (χ1n) is 12.6. The van der Waals surface area contributed by atoms with Gasteiger partial charge in [0.15, 0.2) is 0 Å². The minimum atomic E-state index is -0.633. The van der Waals surface area contributed by atoms with Gasteiger partial charge in [-0.25, -0.2) is 0 Å². The number of amides is 2. The van der Waals surface area contributed by atoms with Crippen LogP contribution in [0, 0.1) is 0 Å². The van der Waals surface area contributed by atoms with Crippen molar-refractivity contribution >= 4 is 46.8 Å². The lowest BCUT2D eigenvalue weighted by Crippen LogP contribution is -2.52.